The SMILES string of the molecule is CC(C)(C)c1cc2c(OCC(=O)[O-])c(c1)Sc1cc(C(C)(C)C)cc(c1OCC(=O)[O-])Sc1cc(C(C)(C)C)cc(c1OCC(=O)[O-])Sc1cc(C(C)(C)C)cc(c1OCC(=O)[O-])S2.O.O.O.O.[OH-].[OH-].[OH-].[OH-].[Ti].[Ti].[Ti].[Ti].[Ti].[Ti].[Ti].[Ti]. The summed E-state index contributed by atoms with van der Waals surface area (Å²) in [5.41, 5.74) is 1.43. The van der Waals surface area contributed by atoms with Crippen molar-refractivity contribution in [3.63, 3.8) is 0 Å². The molecule has 0 atom stereocenters. The van der Waals surface area contributed by atoms with Gasteiger partial charge in [-0.1, -0.05) is 130 Å². The molecule has 0 unspecified atom stereocenters. The molecule has 0 saturated carbocycles. The van der Waals surface area contributed by atoms with Gasteiger partial charge in [0.1, 0.15) is 49.4 Å². The first kappa shape index (κ1) is 109. The quantitative estimate of drug-likeness (QED) is 0.162. The van der Waals surface area contributed by atoms with Crippen LogP contribution in [0.1, 0.15) is 105 Å². The van der Waals surface area contributed by atoms with E-state index in [1.54, 1.807) is 0 Å². The Morgan fingerprint density at radius 1 is 0.312 bits per heavy atom. The van der Waals surface area contributed by atoms with E-state index in [-0.39, 0.29) is 241 Å². The Morgan fingerprint density at radius 2 is 0.425 bits per heavy atom. The number of carboxylic acids is 4. The summed E-state index contributed by atoms with van der Waals surface area (Å²) in [6.07, 6.45) is 0. The molecule has 32 heteroatoms. The fourth-order valence-electron chi connectivity index (χ4n) is 6.21. The van der Waals surface area contributed by atoms with Crippen LogP contribution in [0, 0.1) is 0 Å². The molecule has 8 bridgehead atoms. The van der Waals surface area contributed by atoms with Gasteiger partial charge in [0, 0.05) is 174 Å². The number of carboxylic acid groups (broad SMARTS) is 4. The van der Waals surface area contributed by atoms with Gasteiger partial charge in [0.2, 0.25) is 0 Å². The Morgan fingerprint density at radius 3 is 0.512 bits per heavy atom. The van der Waals surface area contributed by atoms with E-state index in [9.17, 15) is 39.6 Å². The molecule has 0 saturated heterocycles. The van der Waals surface area contributed by atoms with Crippen molar-refractivity contribution in [3.8, 4) is 23.0 Å². The van der Waals surface area contributed by atoms with E-state index in [1.807, 2.05) is 132 Å². The number of carbonyl (C=O) groups excluding carboxylic acids is 4. The van der Waals surface area contributed by atoms with Gasteiger partial charge in [-0.2, -0.15) is 0 Å². The zero-order chi connectivity index (χ0) is 47.7. The Hall–Kier alpha value is 0.754. The van der Waals surface area contributed by atoms with Crippen LogP contribution in [0.5, 0.6) is 23.0 Å². The predicted molar refractivity (Wildman–Crippen MR) is 261 cm³/mol. The second-order valence-electron chi connectivity index (χ2n) is 19.3. The third kappa shape index (κ3) is 30.6. The molecule has 1 aliphatic rings. The molecule has 1 aliphatic heterocycles. The zero-order valence-electron chi connectivity index (χ0n) is 45.8. The van der Waals surface area contributed by atoms with Crippen LogP contribution in [0.4, 0.5) is 0 Å². The first-order valence-corrected chi connectivity index (χ1v) is 23.5. The Labute approximate surface area is 603 Å². The molecule has 0 aliphatic carbocycles. The normalized spacial score (nSPS) is 10.6. The molecule has 0 radical (unpaired) electrons. The molecular formula is C48H64O20S4Ti8-8. The molecule has 4 aromatic carbocycles. The van der Waals surface area contributed by atoms with Crippen molar-refractivity contribution in [1.82, 2.24) is 0 Å². The number of aliphatic carboxylic acids is 4. The maximum Gasteiger partial charge on any atom is 0.147 e. The number of hydrogen-bond acceptors (Lipinski definition) is 20. The smallest absolute Gasteiger partial charge is 0.147 e. The molecule has 5 rings (SSSR count). The van der Waals surface area contributed by atoms with Crippen molar-refractivity contribution in [1.29, 1.82) is 0 Å². The summed E-state index contributed by atoms with van der Waals surface area (Å²) >= 11 is 4.71. The first-order valence-electron chi connectivity index (χ1n) is 20.3. The molecule has 0 aromatic heterocycles. The predicted octanol–water partition coefficient (Wildman–Crippen LogP) is 2.28. The minimum atomic E-state index is -1.47. The summed E-state index contributed by atoms with van der Waals surface area (Å²) in [7, 11) is 0. The second kappa shape index (κ2) is 45.1. The molecule has 0 amide bonds. The molecule has 440 valence electrons. The van der Waals surface area contributed by atoms with E-state index in [1.165, 1.54) is 47.0 Å². The molecule has 20 nitrogen and oxygen atoms in total. The monoisotopic (exact) mass is 1470 g/mol. The first-order chi connectivity index (χ1) is 29.5. The van der Waals surface area contributed by atoms with Gasteiger partial charge in [0.15, 0.2) is 0 Å². The van der Waals surface area contributed by atoms with E-state index in [0.717, 1.165) is 22.3 Å². The fourth-order valence-corrected chi connectivity index (χ4v) is 11.0. The number of ether oxygens (including phenoxy) is 4. The van der Waals surface area contributed by atoms with E-state index in [2.05, 4.69) is 0 Å². The average molecular weight is 1470 g/mol. The van der Waals surface area contributed by atoms with Crippen molar-refractivity contribution in [2.45, 2.75) is 144 Å². The molecule has 80 heavy (non-hydrogen) atoms. The average Bonchev–Trinajstić information content (AvgIpc) is 3.13. The van der Waals surface area contributed by atoms with Crippen molar-refractivity contribution in [2.24, 2.45) is 0 Å². The fraction of sp³-hybridized carbons (Fsp3) is 0.417. The van der Waals surface area contributed by atoms with E-state index in [0.29, 0.717) is 39.2 Å². The maximum absolute atomic E-state index is 12.1. The van der Waals surface area contributed by atoms with Crippen LogP contribution in [-0.4, -0.2) is 94.1 Å². The van der Waals surface area contributed by atoms with Crippen molar-refractivity contribution >= 4 is 70.9 Å². The van der Waals surface area contributed by atoms with E-state index >= 15 is 0 Å². The van der Waals surface area contributed by atoms with Crippen molar-refractivity contribution in [2.75, 3.05) is 26.4 Å². The van der Waals surface area contributed by atoms with Crippen LogP contribution in [0.15, 0.2) is 87.7 Å². The summed E-state index contributed by atoms with van der Waals surface area (Å²) in [5.74, 6) is -5.23. The standard InChI is InChI=1S/C48H56O12S4.8H2O.8Ti/c1-45(2,3)25-13-29-41(57-21-37(49)50)30(14-25)62-32-16-27(47(7,8)9)18-34(43(32)59-23-39(53)54)64-36-20-28(48(10,11)12)19-35(44(36)60-24-40(55)56)63-33-17-26(46(4,5)6)15-31(61-29)42(33)58-22-38(51)52;;;;;;;;;;;;;;;;/h13-20H,21-24H2,1-12H3,(H,49,50)(H,51,52)(H,53,54)(H,55,56);8*1H2;;;;;;;;/p-8. The summed E-state index contributed by atoms with van der Waals surface area (Å²) < 4.78 is 24.5. The number of rotatable bonds is 12. The Balaban J connectivity index is -0.000000289. The van der Waals surface area contributed by atoms with E-state index in [4.69, 9.17) is 18.9 Å². The third-order valence-electron chi connectivity index (χ3n) is 9.76. The zero-order valence-corrected chi connectivity index (χ0v) is 61.5. The second-order valence-corrected chi connectivity index (χ2v) is 23.6. The van der Waals surface area contributed by atoms with Gasteiger partial charge >= 0.3 is 0 Å². The van der Waals surface area contributed by atoms with Gasteiger partial charge in [-0.3, -0.25) is 0 Å². The molecule has 0 fully saturated rings. The van der Waals surface area contributed by atoms with E-state index < -0.39 is 72.0 Å². The van der Waals surface area contributed by atoms with Crippen molar-refractivity contribution in [3.05, 3.63) is 70.8 Å². The van der Waals surface area contributed by atoms with Crippen LogP contribution >= 0.6 is 47.0 Å². The van der Waals surface area contributed by atoms with Gasteiger partial charge < -0.3 is 102 Å². The number of carbonyl (C=O) groups is 4. The van der Waals surface area contributed by atoms with Gasteiger partial charge in [-0.05, 0) is 92.4 Å². The summed E-state index contributed by atoms with van der Waals surface area (Å²) in [5, 5.41) is 48.3. The van der Waals surface area contributed by atoms with Crippen LogP contribution in [0.2, 0.25) is 0 Å². The number of benzene rings is 4. The van der Waals surface area contributed by atoms with Crippen molar-refractivity contribution < 1.29 is 276 Å². The van der Waals surface area contributed by atoms with Gasteiger partial charge in [0.25, 0.3) is 0 Å². The number of hydrogen-bond donors (Lipinski definition) is 0. The van der Waals surface area contributed by atoms with Gasteiger partial charge in [0.05, 0.1) is 63.0 Å². The summed E-state index contributed by atoms with van der Waals surface area (Å²) in [4.78, 5) is 51.9. The topological polar surface area (TPSA) is 443 Å². The maximum atomic E-state index is 12.1. The van der Waals surface area contributed by atoms with Crippen LogP contribution < -0.4 is 39.4 Å². The molecule has 12 N–H and O–H groups in total. The summed E-state index contributed by atoms with van der Waals surface area (Å²) in [6, 6.07) is 15.1. The minimum absolute atomic E-state index is 0. The van der Waals surface area contributed by atoms with Crippen LogP contribution in [0.25, 0.3) is 0 Å². The largest absolute Gasteiger partial charge is 0.870 e. The van der Waals surface area contributed by atoms with Crippen LogP contribution in [0.3, 0.4) is 0 Å². The Bertz CT molecular complexity index is 2090. The molecule has 1 heterocycles. The van der Waals surface area contributed by atoms with Crippen LogP contribution in [-0.2, 0) is 215 Å². The Kier molecular flexibility index (Phi) is 61.2. The third-order valence-corrected chi connectivity index (χ3v) is 13.9. The minimum Gasteiger partial charge on any atom is -0.870 e. The van der Waals surface area contributed by atoms with Gasteiger partial charge in [-0.15, -0.1) is 0 Å². The molecule has 0 spiro atoms. The number of fused-ring (bicyclic) bond motifs is 8. The van der Waals surface area contributed by atoms with Gasteiger partial charge in [-0.25, -0.2) is 0 Å². The molecule has 4 aromatic rings. The summed E-state index contributed by atoms with van der Waals surface area (Å²) in [6.45, 7) is 21.0. The molecular weight excluding hydrogens is 1410 g/mol.